The van der Waals surface area contributed by atoms with Crippen LogP contribution in [0.3, 0.4) is 0 Å². The second-order valence-electron chi connectivity index (χ2n) is 7.04. The molecule has 6 heteroatoms. The molecule has 0 saturated carbocycles. The highest BCUT2D eigenvalue weighted by Crippen LogP contribution is 2.34. The lowest BCUT2D eigenvalue weighted by molar-refractivity contribution is 0.0845. The molecule has 0 atom stereocenters. The molecule has 0 radical (unpaired) electrons. The van der Waals surface area contributed by atoms with Gasteiger partial charge in [-0.2, -0.15) is 0 Å². The van der Waals surface area contributed by atoms with Crippen molar-refractivity contribution in [3.63, 3.8) is 0 Å². The molecule has 140 valence electrons. The predicted octanol–water partition coefficient (Wildman–Crippen LogP) is 3.67. The fraction of sp³-hybridized carbons (Fsp3) is 0.400. The third-order valence-electron chi connectivity index (χ3n) is 4.40. The molecule has 0 bridgehead atoms. The molecule has 1 aliphatic heterocycles. The lowest BCUT2D eigenvalue weighted by Gasteiger charge is -2.32. The van der Waals surface area contributed by atoms with E-state index in [4.69, 9.17) is 9.47 Å². The van der Waals surface area contributed by atoms with E-state index in [1.165, 1.54) is 0 Å². The molecule has 0 unspecified atom stereocenters. The van der Waals surface area contributed by atoms with Crippen molar-refractivity contribution in [2.45, 2.75) is 50.7 Å². The lowest BCUT2D eigenvalue weighted by Crippen LogP contribution is -2.32. The van der Waals surface area contributed by atoms with E-state index in [9.17, 15) is 8.42 Å². The van der Waals surface area contributed by atoms with Crippen LogP contribution in [0.2, 0.25) is 0 Å². The molecule has 0 aromatic heterocycles. The molecule has 3 rings (SSSR count). The fourth-order valence-electron chi connectivity index (χ4n) is 2.98. The summed E-state index contributed by atoms with van der Waals surface area (Å²) in [6.45, 7) is 6.78. The molecule has 1 N–H and O–H groups in total. The Hall–Kier alpha value is -2.05. The number of hydrogen-bond acceptors (Lipinski definition) is 4. The molecule has 0 fully saturated rings. The van der Waals surface area contributed by atoms with E-state index in [2.05, 4.69) is 4.72 Å². The summed E-state index contributed by atoms with van der Waals surface area (Å²) in [5, 5.41) is 0. The highest BCUT2D eigenvalue weighted by molar-refractivity contribution is 7.89. The smallest absolute Gasteiger partial charge is 0.240 e. The van der Waals surface area contributed by atoms with Gasteiger partial charge < -0.3 is 9.47 Å². The van der Waals surface area contributed by atoms with Crippen LogP contribution in [-0.4, -0.2) is 20.6 Å². The van der Waals surface area contributed by atoms with Gasteiger partial charge in [0.25, 0.3) is 0 Å². The summed E-state index contributed by atoms with van der Waals surface area (Å²) < 4.78 is 39.3. The molecule has 0 saturated heterocycles. The van der Waals surface area contributed by atoms with Crippen LogP contribution >= 0.6 is 0 Å². The molecule has 2 aromatic carbocycles. The number of ether oxygens (including phenoxy) is 2. The minimum atomic E-state index is -3.59. The Labute approximate surface area is 155 Å². The second kappa shape index (κ2) is 7.29. The number of nitrogens with one attached hydrogen (secondary N) is 1. The van der Waals surface area contributed by atoms with E-state index < -0.39 is 10.0 Å². The highest BCUT2D eigenvalue weighted by Gasteiger charge is 2.27. The zero-order valence-electron chi connectivity index (χ0n) is 15.4. The fourth-order valence-corrected chi connectivity index (χ4v) is 4.04. The number of aryl methyl sites for hydroxylation is 1. The van der Waals surface area contributed by atoms with E-state index in [0.717, 1.165) is 35.5 Å². The van der Waals surface area contributed by atoms with Crippen LogP contribution in [0.5, 0.6) is 11.5 Å². The van der Waals surface area contributed by atoms with Crippen LogP contribution in [0, 0.1) is 0 Å². The SMILES string of the molecule is CCOc1cccc(CNS(=O)(=O)c2ccc3c(c2)CCC(C)(C)O3)c1. The minimum absolute atomic E-state index is 0.211. The van der Waals surface area contributed by atoms with Crippen molar-refractivity contribution in [3.8, 4) is 11.5 Å². The molecule has 26 heavy (non-hydrogen) atoms. The van der Waals surface area contributed by atoms with E-state index in [1.54, 1.807) is 18.2 Å². The third-order valence-corrected chi connectivity index (χ3v) is 5.80. The molecule has 2 aromatic rings. The average Bonchev–Trinajstić information content (AvgIpc) is 2.59. The van der Waals surface area contributed by atoms with Crippen molar-refractivity contribution in [1.29, 1.82) is 0 Å². The van der Waals surface area contributed by atoms with Crippen molar-refractivity contribution in [1.82, 2.24) is 4.72 Å². The van der Waals surface area contributed by atoms with E-state index in [-0.39, 0.29) is 17.0 Å². The number of rotatable bonds is 6. The van der Waals surface area contributed by atoms with Gasteiger partial charge in [-0.25, -0.2) is 13.1 Å². The standard InChI is InChI=1S/C20H25NO4S/c1-4-24-17-7-5-6-15(12-17)14-21-26(22,23)18-8-9-19-16(13-18)10-11-20(2,3)25-19/h5-9,12-13,21H,4,10-11,14H2,1-3H3. The molecule has 0 amide bonds. The molecule has 5 nitrogen and oxygen atoms in total. The Kier molecular flexibility index (Phi) is 5.25. The molecular formula is C20H25NO4S. The summed E-state index contributed by atoms with van der Waals surface area (Å²) in [5.41, 5.74) is 1.57. The second-order valence-corrected chi connectivity index (χ2v) is 8.80. The monoisotopic (exact) mass is 375 g/mol. The molecule has 0 aliphatic carbocycles. The summed E-state index contributed by atoms with van der Waals surface area (Å²) in [6, 6.07) is 12.5. The Morgan fingerprint density at radius 1 is 1.19 bits per heavy atom. The minimum Gasteiger partial charge on any atom is -0.494 e. The van der Waals surface area contributed by atoms with Crippen LogP contribution in [0.1, 0.15) is 38.3 Å². The van der Waals surface area contributed by atoms with Gasteiger partial charge in [-0.05, 0) is 75.1 Å². The zero-order valence-corrected chi connectivity index (χ0v) is 16.2. The summed E-state index contributed by atoms with van der Waals surface area (Å²) >= 11 is 0. The van der Waals surface area contributed by atoms with Gasteiger partial charge in [0.05, 0.1) is 11.5 Å². The maximum Gasteiger partial charge on any atom is 0.240 e. The maximum absolute atomic E-state index is 12.6. The lowest BCUT2D eigenvalue weighted by atomic mass is 9.94. The number of benzene rings is 2. The van der Waals surface area contributed by atoms with Crippen LogP contribution in [0.4, 0.5) is 0 Å². The first kappa shape index (κ1) is 18.7. The van der Waals surface area contributed by atoms with Gasteiger partial charge in [-0.1, -0.05) is 12.1 Å². The largest absolute Gasteiger partial charge is 0.494 e. The van der Waals surface area contributed by atoms with Crippen LogP contribution in [-0.2, 0) is 23.0 Å². The summed E-state index contributed by atoms with van der Waals surface area (Å²) in [7, 11) is -3.59. The Bertz CT molecular complexity index is 890. The molecule has 0 spiro atoms. The van der Waals surface area contributed by atoms with Crippen molar-refractivity contribution in [2.75, 3.05) is 6.61 Å². The van der Waals surface area contributed by atoms with Gasteiger partial charge in [0.1, 0.15) is 17.1 Å². The average molecular weight is 375 g/mol. The van der Waals surface area contributed by atoms with E-state index in [0.29, 0.717) is 6.61 Å². The zero-order chi connectivity index (χ0) is 18.8. The van der Waals surface area contributed by atoms with Crippen molar-refractivity contribution in [3.05, 3.63) is 53.6 Å². The topological polar surface area (TPSA) is 64.6 Å². The number of hydrogen-bond donors (Lipinski definition) is 1. The number of sulfonamides is 1. The highest BCUT2D eigenvalue weighted by atomic mass is 32.2. The Morgan fingerprint density at radius 2 is 2.00 bits per heavy atom. The molecular weight excluding hydrogens is 350 g/mol. The number of fused-ring (bicyclic) bond motifs is 1. The predicted molar refractivity (Wildman–Crippen MR) is 101 cm³/mol. The van der Waals surface area contributed by atoms with Gasteiger partial charge in [0.2, 0.25) is 10.0 Å². The van der Waals surface area contributed by atoms with Gasteiger partial charge in [-0.15, -0.1) is 0 Å². The Balaban J connectivity index is 1.74. The summed E-state index contributed by atoms with van der Waals surface area (Å²) in [4.78, 5) is 0.264. The summed E-state index contributed by atoms with van der Waals surface area (Å²) in [5.74, 6) is 1.50. The van der Waals surface area contributed by atoms with Crippen LogP contribution in [0.25, 0.3) is 0 Å². The van der Waals surface area contributed by atoms with Gasteiger partial charge in [-0.3, -0.25) is 0 Å². The van der Waals surface area contributed by atoms with Crippen molar-refractivity contribution in [2.24, 2.45) is 0 Å². The van der Waals surface area contributed by atoms with Gasteiger partial charge >= 0.3 is 0 Å². The third kappa shape index (κ3) is 4.37. The van der Waals surface area contributed by atoms with E-state index >= 15 is 0 Å². The van der Waals surface area contributed by atoms with Crippen LogP contribution < -0.4 is 14.2 Å². The first-order chi connectivity index (χ1) is 12.3. The normalized spacial score (nSPS) is 15.8. The van der Waals surface area contributed by atoms with Crippen LogP contribution in [0.15, 0.2) is 47.4 Å². The first-order valence-electron chi connectivity index (χ1n) is 8.82. The van der Waals surface area contributed by atoms with Gasteiger partial charge in [0.15, 0.2) is 0 Å². The molecule has 1 aliphatic rings. The Morgan fingerprint density at radius 3 is 2.77 bits per heavy atom. The first-order valence-corrected chi connectivity index (χ1v) is 10.3. The molecule has 1 heterocycles. The van der Waals surface area contributed by atoms with Crippen molar-refractivity contribution < 1.29 is 17.9 Å². The summed E-state index contributed by atoms with van der Waals surface area (Å²) in [6.07, 6.45) is 1.67. The maximum atomic E-state index is 12.6. The van der Waals surface area contributed by atoms with Gasteiger partial charge in [0, 0.05) is 6.54 Å². The van der Waals surface area contributed by atoms with Crippen molar-refractivity contribution >= 4 is 10.0 Å². The van der Waals surface area contributed by atoms with E-state index in [1.807, 2.05) is 45.0 Å². The quantitative estimate of drug-likeness (QED) is 0.837.